The molecule has 2 atom stereocenters. The van der Waals surface area contributed by atoms with Gasteiger partial charge in [0, 0.05) is 31.5 Å². The molecule has 0 unspecified atom stereocenters. The predicted octanol–water partition coefficient (Wildman–Crippen LogP) is 2.41. The second kappa shape index (κ2) is 7.58. The van der Waals surface area contributed by atoms with Gasteiger partial charge in [-0.05, 0) is 49.1 Å². The van der Waals surface area contributed by atoms with Crippen LogP contribution >= 0.6 is 0 Å². The summed E-state index contributed by atoms with van der Waals surface area (Å²) in [6.45, 7) is 6.05. The first kappa shape index (κ1) is 18.4. The third-order valence-electron chi connectivity index (χ3n) is 6.26. The number of carbonyl (C=O) groups excluding carboxylic acids is 2. The molecule has 146 valence electrons. The fourth-order valence-corrected chi connectivity index (χ4v) is 4.47. The first-order valence-electron chi connectivity index (χ1n) is 10.2. The van der Waals surface area contributed by atoms with E-state index in [1.54, 1.807) is 12.4 Å². The Kier molecular flexibility index (Phi) is 5.17. The highest BCUT2D eigenvalue weighted by molar-refractivity contribution is 5.87. The Morgan fingerprint density at radius 1 is 1.22 bits per heavy atom. The number of hydrogen-bond donors (Lipinski definition) is 0. The number of aromatic nitrogens is 1. The van der Waals surface area contributed by atoms with Gasteiger partial charge in [0.15, 0.2) is 6.10 Å². The van der Waals surface area contributed by atoms with Crippen molar-refractivity contribution in [2.45, 2.75) is 57.7 Å². The third-order valence-corrected chi connectivity index (χ3v) is 6.26. The van der Waals surface area contributed by atoms with Crippen LogP contribution in [-0.4, -0.2) is 58.4 Å². The Morgan fingerprint density at radius 3 is 2.56 bits per heavy atom. The van der Waals surface area contributed by atoms with Crippen LogP contribution in [0.25, 0.3) is 0 Å². The zero-order chi connectivity index (χ0) is 19.0. The van der Waals surface area contributed by atoms with E-state index in [-0.39, 0.29) is 30.5 Å². The van der Waals surface area contributed by atoms with Gasteiger partial charge in [0.25, 0.3) is 5.91 Å². The minimum absolute atomic E-state index is 0.00781. The van der Waals surface area contributed by atoms with E-state index < -0.39 is 6.10 Å². The Labute approximate surface area is 160 Å². The molecule has 0 spiro atoms. The molecule has 1 aromatic heterocycles. The molecule has 1 saturated carbocycles. The second-order valence-corrected chi connectivity index (χ2v) is 8.40. The molecule has 3 fully saturated rings. The van der Waals surface area contributed by atoms with Gasteiger partial charge in [0.1, 0.15) is 6.61 Å². The molecule has 6 heteroatoms. The second-order valence-electron chi connectivity index (χ2n) is 8.40. The lowest BCUT2D eigenvalue weighted by molar-refractivity contribution is -0.171. The van der Waals surface area contributed by atoms with E-state index in [1.165, 1.54) is 0 Å². The molecule has 1 aliphatic carbocycles. The predicted molar refractivity (Wildman–Crippen MR) is 101 cm³/mol. The van der Waals surface area contributed by atoms with E-state index in [4.69, 9.17) is 4.74 Å². The van der Waals surface area contributed by atoms with Gasteiger partial charge in [-0.3, -0.25) is 14.6 Å². The number of morpholine rings is 1. The van der Waals surface area contributed by atoms with Crippen molar-refractivity contribution in [3.63, 3.8) is 0 Å². The number of carbonyl (C=O) groups is 2. The molecule has 0 bridgehead atoms. The van der Waals surface area contributed by atoms with Crippen LogP contribution in [0.15, 0.2) is 24.5 Å². The number of likely N-dealkylation sites (tertiary alicyclic amines) is 1. The van der Waals surface area contributed by atoms with Crippen molar-refractivity contribution in [1.82, 2.24) is 14.8 Å². The van der Waals surface area contributed by atoms with Gasteiger partial charge >= 0.3 is 0 Å². The summed E-state index contributed by atoms with van der Waals surface area (Å²) < 4.78 is 5.84. The van der Waals surface area contributed by atoms with Gasteiger partial charge in [0.05, 0.1) is 6.04 Å². The van der Waals surface area contributed by atoms with Crippen molar-refractivity contribution in [2.75, 3.05) is 19.7 Å². The van der Waals surface area contributed by atoms with Gasteiger partial charge < -0.3 is 14.5 Å². The van der Waals surface area contributed by atoms with Crippen LogP contribution in [0.1, 0.15) is 51.1 Å². The number of piperidine rings is 1. The topological polar surface area (TPSA) is 62.7 Å². The average Bonchev–Trinajstić information content (AvgIpc) is 3.53. The van der Waals surface area contributed by atoms with Crippen molar-refractivity contribution in [3.05, 3.63) is 30.1 Å². The first-order chi connectivity index (χ1) is 13.1. The first-order valence-corrected chi connectivity index (χ1v) is 10.2. The lowest BCUT2D eigenvalue weighted by Crippen LogP contribution is -2.56. The number of hydrogen-bond acceptors (Lipinski definition) is 4. The Balaban J connectivity index is 1.56. The maximum Gasteiger partial charge on any atom is 0.254 e. The van der Waals surface area contributed by atoms with Crippen LogP contribution in [-0.2, 0) is 14.3 Å². The molecule has 0 radical (unpaired) electrons. The molecule has 0 N–H and O–H groups in total. The molecule has 0 aromatic carbocycles. The largest absolute Gasteiger partial charge is 0.356 e. The molecule has 4 rings (SSSR count). The summed E-state index contributed by atoms with van der Waals surface area (Å²) in [7, 11) is 0. The van der Waals surface area contributed by atoms with Crippen molar-refractivity contribution in [2.24, 2.45) is 11.8 Å². The molecule has 3 heterocycles. The lowest BCUT2D eigenvalue weighted by Gasteiger charge is -2.43. The molecule has 1 aromatic rings. The SMILES string of the molecule is CC(C)C1CCN(C(=O)[C@H]2OCC(=O)N(C3CC3)[C@@H]2c2cccnc2)CC1. The average molecular weight is 371 g/mol. The molecular weight excluding hydrogens is 342 g/mol. The van der Waals surface area contributed by atoms with Crippen LogP contribution in [0.5, 0.6) is 0 Å². The molecule has 3 aliphatic rings. The van der Waals surface area contributed by atoms with Gasteiger partial charge in [-0.1, -0.05) is 19.9 Å². The lowest BCUT2D eigenvalue weighted by atomic mass is 9.86. The summed E-state index contributed by atoms with van der Waals surface area (Å²) in [5.74, 6) is 1.33. The summed E-state index contributed by atoms with van der Waals surface area (Å²) >= 11 is 0. The highest BCUT2D eigenvalue weighted by atomic mass is 16.5. The Morgan fingerprint density at radius 2 is 1.96 bits per heavy atom. The van der Waals surface area contributed by atoms with E-state index in [2.05, 4.69) is 18.8 Å². The standard InChI is InChI=1S/C21H29N3O3/c1-14(2)15-7-10-23(11-8-15)21(26)20-19(16-4-3-9-22-12-16)24(17-5-6-17)18(25)13-27-20/h3-4,9,12,14-15,17,19-20H,5-8,10-11,13H2,1-2H3/t19-,20+/m1/s1. The van der Waals surface area contributed by atoms with Crippen molar-refractivity contribution >= 4 is 11.8 Å². The molecular formula is C21H29N3O3. The minimum Gasteiger partial charge on any atom is -0.356 e. The van der Waals surface area contributed by atoms with Crippen LogP contribution in [0.4, 0.5) is 0 Å². The van der Waals surface area contributed by atoms with E-state index in [0.717, 1.165) is 44.3 Å². The molecule has 6 nitrogen and oxygen atoms in total. The van der Waals surface area contributed by atoms with Gasteiger partial charge in [0.2, 0.25) is 5.91 Å². The zero-order valence-electron chi connectivity index (χ0n) is 16.2. The number of rotatable bonds is 4. The van der Waals surface area contributed by atoms with Crippen LogP contribution in [0.2, 0.25) is 0 Å². The van der Waals surface area contributed by atoms with Crippen molar-refractivity contribution < 1.29 is 14.3 Å². The smallest absolute Gasteiger partial charge is 0.254 e. The molecule has 2 aliphatic heterocycles. The summed E-state index contributed by atoms with van der Waals surface area (Å²) in [6.07, 6.45) is 6.92. The van der Waals surface area contributed by atoms with Crippen LogP contribution < -0.4 is 0 Å². The van der Waals surface area contributed by atoms with E-state index in [0.29, 0.717) is 11.8 Å². The highest BCUT2D eigenvalue weighted by Crippen LogP contribution is 2.40. The molecule has 27 heavy (non-hydrogen) atoms. The van der Waals surface area contributed by atoms with Crippen molar-refractivity contribution in [1.29, 1.82) is 0 Å². The monoisotopic (exact) mass is 371 g/mol. The fourth-order valence-electron chi connectivity index (χ4n) is 4.47. The maximum atomic E-state index is 13.4. The van der Waals surface area contributed by atoms with Gasteiger partial charge in [-0.2, -0.15) is 0 Å². The Hall–Kier alpha value is -1.95. The van der Waals surface area contributed by atoms with Crippen LogP contribution in [0, 0.1) is 11.8 Å². The van der Waals surface area contributed by atoms with Gasteiger partial charge in [-0.25, -0.2) is 0 Å². The summed E-state index contributed by atoms with van der Waals surface area (Å²) in [6, 6.07) is 3.66. The van der Waals surface area contributed by atoms with E-state index in [9.17, 15) is 9.59 Å². The minimum atomic E-state index is -0.636. The number of pyridine rings is 1. The number of nitrogens with zero attached hydrogens (tertiary/aromatic N) is 3. The van der Waals surface area contributed by atoms with Crippen LogP contribution in [0.3, 0.4) is 0 Å². The summed E-state index contributed by atoms with van der Waals surface area (Å²) in [5, 5.41) is 0. The third kappa shape index (κ3) is 3.72. The molecule has 2 saturated heterocycles. The zero-order valence-corrected chi connectivity index (χ0v) is 16.2. The summed E-state index contributed by atoms with van der Waals surface area (Å²) in [5.41, 5.74) is 0.882. The number of ether oxygens (including phenoxy) is 1. The molecule has 2 amide bonds. The van der Waals surface area contributed by atoms with Crippen molar-refractivity contribution in [3.8, 4) is 0 Å². The number of amides is 2. The van der Waals surface area contributed by atoms with E-state index in [1.807, 2.05) is 21.9 Å². The summed E-state index contributed by atoms with van der Waals surface area (Å²) in [4.78, 5) is 34.0. The van der Waals surface area contributed by atoms with E-state index >= 15 is 0 Å². The maximum absolute atomic E-state index is 13.4. The quantitative estimate of drug-likeness (QED) is 0.815. The fraction of sp³-hybridized carbons (Fsp3) is 0.667. The highest BCUT2D eigenvalue weighted by Gasteiger charge is 2.48. The normalized spacial score (nSPS) is 27.3. The Bertz CT molecular complexity index is 681. The van der Waals surface area contributed by atoms with Gasteiger partial charge in [-0.15, -0.1) is 0 Å².